The van der Waals surface area contributed by atoms with Crippen molar-refractivity contribution in [3.05, 3.63) is 86.8 Å². The van der Waals surface area contributed by atoms with Crippen LogP contribution in [0.3, 0.4) is 0 Å². The number of rotatable bonds is 0. The Bertz CT molecular complexity index is 773. The van der Waals surface area contributed by atoms with Gasteiger partial charge in [-0.2, -0.15) is 36.4 Å². The Morgan fingerprint density at radius 1 is 0.923 bits per heavy atom. The fourth-order valence-corrected chi connectivity index (χ4v) is 3.53. The van der Waals surface area contributed by atoms with E-state index in [1.807, 2.05) is 30.3 Å². The fourth-order valence-electron chi connectivity index (χ4n) is 2.45. The van der Waals surface area contributed by atoms with Crippen LogP contribution in [0.15, 0.2) is 69.6 Å². The molecule has 5 rings (SSSR count). The maximum Gasteiger partial charge on any atom is -0.172 e. The van der Waals surface area contributed by atoms with Gasteiger partial charge in [-0.25, -0.2) is 12.1 Å². The summed E-state index contributed by atoms with van der Waals surface area (Å²) in [4.78, 5) is 0. The van der Waals surface area contributed by atoms with Crippen molar-refractivity contribution in [2.45, 2.75) is 19.3 Å². The van der Waals surface area contributed by atoms with Gasteiger partial charge in [0.05, 0.1) is 0 Å². The Hall–Kier alpha value is 0.0831. The predicted molar refractivity (Wildman–Crippen MR) is 105 cm³/mol. The van der Waals surface area contributed by atoms with Gasteiger partial charge < -0.3 is 24.8 Å². The number of hydrogen-bond donors (Lipinski definition) is 0. The molecule has 26 heavy (non-hydrogen) atoms. The molecule has 134 valence electrons. The van der Waals surface area contributed by atoms with Gasteiger partial charge in [0.25, 0.3) is 0 Å². The van der Waals surface area contributed by atoms with Crippen molar-refractivity contribution in [3.63, 3.8) is 0 Å². The summed E-state index contributed by atoms with van der Waals surface area (Å²) in [5.74, 6) is 0. The summed E-state index contributed by atoms with van der Waals surface area (Å²) >= 11 is 8.63. The molecule has 0 heterocycles. The molecule has 0 bridgehead atoms. The molecule has 0 nitrogen and oxygen atoms in total. The number of fused-ring (bicyclic) bond motifs is 3. The Labute approximate surface area is 199 Å². The van der Waals surface area contributed by atoms with Crippen LogP contribution in [0, 0.1) is 6.07 Å². The standard InChI is InChI=1S/C13H7Br2.C5H5.C3H4.2ClH.Zr/c14-10-1-3-12-8(6-10)5-9-7-11(15)2-4-13(9)12;1-2-4-5-3-1;1-2-3-1;;;/h1-4,6H,5H2;1-5H;1-2H2;2*1H;/q2*-1;;;;+2/p-2. The van der Waals surface area contributed by atoms with Gasteiger partial charge >= 0.3 is 40.3 Å². The molecule has 0 atom stereocenters. The molecular weight excluding hydrogens is 574 g/mol. The van der Waals surface area contributed by atoms with Gasteiger partial charge in [0.2, 0.25) is 0 Å². The van der Waals surface area contributed by atoms with Crippen molar-refractivity contribution in [1.82, 2.24) is 0 Å². The van der Waals surface area contributed by atoms with Crippen LogP contribution in [0.25, 0.3) is 11.1 Å². The number of hydrogen-bond acceptors (Lipinski definition) is 0. The van der Waals surface area contributed by atoms with Gasteiger partial charge in [-0.1, -0.05) is 48.0 Å². The van der Waals surface area contributed by atoms with Crippen LogP contribution in [0.4, 0.5) is 0 Å². The van der Waals surface area contributed by atoms with E-state index in [-0.39, 0.29) is 24.8 Å². The van der Waals surface area contributed by atoms with Gasteiger partial charge in [0.1, 0.15) is 0 Å². The van der Waals surface area contributed by atoms with Crippen molar-refractivity contribution in [1.29, 1.82) is 0 Å². The minimum atomic E-state index is 0. The first kappa shape index (κ1) is 24.1. The van der Waals surface area contributed by atoms with Crippen LogP contribution < -0.4 is 24.8 Å². The molecule has 3 aromatic rings. The maximum absolute atomic E-state index is 3.50. The summed E-state index contributed by atoms with van der Waals surface area (Å²) in [6, 6.07) is 24.0. The van der Waals surface area contributed by atoms with Crippen molar-refractivity contribution >= 4 is 35.1 Å². The molecule has 1 fully saturated rings. The summed E-state index contributed by atoms with van der Waals surface area (Å²) in [5, 5.41) is 0. The second-order valence-electron chi connectivity index (χ2n) is 5.74. The van der Waals surface area contributed by atoms with E-state index in [0.717, 1.165) is 15.4 Å². The smallest absolute Gasteiger partial charge is 0.172 e. The van der Waals surface area contributed by atoms with Gasteiger partial charge in [-0.05, 0) is 24.1 Å². The zero-order chi connectivity index (χ0) is 16.9. The number of halogens is 4. The first-order valence-electron chi connectivity index (χ1n) is 7.86. The van der Waals surface area contributed by atoms with E-state index in [0.29, 0.717) is 0 Å². The monoisotopic (exact) mass is 586 g/mol. The van der Waals surface area contributed by atoms with Crippen molar-refractivity contribution in [2.75, 3.05) is 0 Å². The van der Waals surface area contributed by atoms with E-state index in [1.54, 1.807) is 27.4 Å². The minimum absolute atomic E-state index is 0. The average molecular weight is 590 g/mol. The number of benzene rings is 2. The van der Waals surface area contributed by atoms with Crippen molar-refractivity contribution in [3.8, 4) is 11.1 Å². The second-order valence-corrected chi connectivity index (χ2v) is 9.25. The van der Waals surface area contributed by atoms with Crippen LogP contribution in [-0.2, 0) is 30.7 Å². The third kappa shape index (κ3) is 7.25. The Balaban J connectivity index is 0.000000255. The van der Waals surface area contributed by atoms with Crippen LogP contribution in [0.5, 0.6) is 0 Å². The van der Waals surface area contributed by atoms with Crippen LogP contribution in [0.1, 0.15) is 24.0 Å². The molecule has 0 spiro atoms. The normalized spacial score (nSPS) is 12.1. The maximum atomic E-state index is 3.50. The summed E-state index contributed by atoms with van der Waals surface area (Å²) in [7, 11) is 0. The Kier molecular flexibility index (Phi) is 11.0. The van der Waals surface area contributed by atoms with E-state index >= 15 is 0 Å². The topological polar surface area (TPSA) is 0 Å². The average Bonchev–Trinajstić information content (AvgIpc) is 3.06. The molecule has 0 amide bonds. The van der Waals surface area contributed by atoms with E-state index in [1.165, 1.54) is 35.1 Å². The zero-order valence-corrected chi connectivity index (χ0v) is 21.0. The summed E-state index contributed by atoms with van der Waals surface area (Å²) in [5.41, 5.74) is 5.34. The Morgan fingerprint density at radius 3 is 2.08 bits per heavy atom. The molecule has 0 aliphatic heterocycles. The minimum Gasteiger partial charge on any atom is -0.214 e. The van der Waals surface area contributed by atoms with Crippen molar-refractivity contribution in [2.24, 2.45) is 0 Å². The zero-order valence-electron chi connectivity index (χ0n) is 13.9. The van der Waals surface area contributed by atoms with Gasteiger partial charge in [0.15, 0.2) is 0 Å². The fraction of sp³-hybridized carbons (Fsp3) is 0.143. The molecule has 3 aromatic carbocycles. The van der Waals surface area contributed by atoms with Crippen LogP contribution >= 0.6 is 31.9 Å². The van der Waals surface area contributed by atoms with Crippen molar-refractivity contribution < 1.29 is 49.0 Å². The molecule has 0 N–H and O–H groups in total. The first-order valence-corrected chi connectivity index (χ1v) is 10.7. The second kappa shape index (κ2) is 11.8. The SMILES string of the molecule is Brc1[c-]c2c(cc1)-c1ccc(Br)cc1C2.[Cl-].[Cl-].[Zr+2]=[C]1CC1.c1cc[cH-]c1. The summed E-state index contributed by atoms with van der Waals surface area (Å²) < 4.78 is 3.94. The first-order chi connectivity index (χ1) is 11.6. The van der Waals surface area contributed by atoms with E-state index < -0.39 is 0 Å². The van der Waals surface area contributed by atoms with Gasteiger partial charge in [0, 0.05) is 4.47 Å². The van der Waals surface area contributed by atoms with E-state index in [2.05, 4.69) is 68.3 Å². The molecule has 2 aliphatic carbocycles. The van der Waals surface area contributed by atoms with Crippen LogP contribution in [-0.4, -0.2) is 3.21 Å². The Morgan fingerprint density at radius 2 is 1.54 bits per heavy atom. The van der Waals surface area contributed by atoms with E-state index in [9.17, 15) is 0 Å². The molecule has 1 saturated carbocycles. The largest absolute Gasteiger partial charge is 0.214 e. The molecule has 0 aromatic heterocycles. The summed E-state index contributed by atoms with van der Waals surface area (Å²) in [6.07, 6.45) is 3.88. The molecule has 0 radical (unpaired) electrons. The molecule has 0 unspecified atom stereocenters. The van der Waals surface area contributed by atoms with Crippen LogP contribution in [0.2, 0.25) is 0 Å². The predicted octanol–water partition coefficient (Wildman–Crippen LogP) is 0.496. The summed E-state index contributed by atoms with van der Waals surface area (Å²) in [6.45, 7) is 0. The molecule has 2 aliphatic rings. The third-order valence-electron chi connectivity index (χ3n) is 3.77. The third-order valence-corrected chi connectivity index (χ3v) is 5.96. The molecule has 5 heteroatoms. The van der Waals surface area contributed by atoms with E-state index in [4.69, 9.17) is 0 Å². The molecule has 0 saturated heterocycles. The molecular formula is C21H16Br2Cl2Zr-2. The van der Waals surface area contributed by atoms with Gasteiger partial charge in [-0.15, -0.1) is 11.1 Å². The van der Waals surface area contributed by atoms with Gasteiger partial charge in [-0.3, -0.25) is 0 Å². The quantitative estimate of drug-likeness (QED) is 0.262.